The summed E-state index contributed by atoms with van der Waals surface area (Å²) in [6.45, 7) is 1.91. The summed E-state index contributed by atoms with van der Waals surface area (Å²) >= 11 is 3.24. The number of nitrogens with zero attached hydrogens (tertiary/aromatic N) is 2. The van der Waals surface area contributed by atoms with E-state index in [9.17, 15) is 13.2 Å². The summed E-state index contributed by atoms with van der Waals surface area (Å²) in [5.74, 6) is -0.277. The van der Waals surface area contributed by atoms with E-state index in [1.807, 2.05) is 6.92 Å². The Kier molecular flexibility index (Phi) is 6.18. The van der Waals surface area contributed by atoms with Gasteiger partial charge in [0.15, 0.2) is 0 Å². The zero-order valence-corrected chi connectivity index (χ0v) is 14.7. The molecule has 0 unspecified atom stereocenters. The molecule has 0 aliphatic heterocycles. The van der Waals surface area contributed by atoms with Gasteiger partial charge in [-0.2, -0.15) is 4.31 Å². The van der Waals surface area contributed by atoms with Crippen LogP contribution in [0.5, 0.6) is 0 Å². The van der Waals surface area contributed by atoms with E-state index in [0.29, 0.717) is 10.9 Å². The molecule has 0 aliphatic rings. The lowest BCUT2D eigenvalue weighted by atomic mass is 10.3. The number of halogens is 1. The first kappa shape index (κ1) is 17.9. The van der Waals surface area contributed by atoms with Gasteiger partial charge >= 0.3 is 0 Å². The standard InChI is InChI=1S/C13H20BrN3O3S/c1-4-7-17(9-13(18)16(2)3)21(19,20)12-8-10(14)5-6-11(12)15/h5-6,8H,4,7,9,15H2,1-3H3. The molecule has 0 aliphatic carbocycles. The Morgan fingerprint density at radius 3 is 2.48 bits per heavy atom. The zero-order valence-electron chi connectivity index (χ0n) is 12.3. The van der Waals surface area contributed by atoms with E-state index in [0.717, 1.165) is 4.31 Å². The Labute approximate surface area is 134 Å². The van der Waals surface area contributed by atoms with Crippen LogP contribution in [0.3, 0.4) is 0 Å². The minimum Gasteiger partial charge on any atom is -0.398 e. The smallest absolute Gasteiger partial charge is 0.245 e. The lowest BCUT2D eigenvalue weighted by Gasteiger charge is -2.23. The van der Waals surface area contributed by atoms with E-state index >= 15 is 0 Å². The molecule has 0 aromatic heterocycles. The molecule has 21 heavy (non-hydrogen) atoms. The third-order valence-electron chi connectivity index (χ3n) is 2.88. The van der Waals surface area contributed by atoms with Crippen LogP contribution >= 0.6 is 15.9 Å². The number of rotatable bonds is 6. The van der Waals surface area contributed by atoms with Crippen molar-refractivity contribution in [3.05, 3.63) is 22.7 Å². The van der Waals surface area contributed by atoms with Gasteiger partial charge in [0.2, 0.25) is 15.9 Å². The molecule has 1 aromatic carbocycles. The first-order chi connectivity index (χ1) is 9.70. The van der Waals surface area contributed by atoms with Crippen LogP contribution in [0.25, 0.3) is 0 Å². The molecule has 0 saturated carbocycles. The molecule has 1 rings (SSSR count). The van der Waals surface area contributed by atoms with E-state index in [1.54, 1.807) is 20.2 Å². The van der Waals surface area contributed by atoms with Crippen molar-refractivity contribution >= 4 is 37.5 Å². The number of hydrogen-bond donors (Lipinski definition) is 1. The fraction of sp³-hybridized carbons (Fsp3) is 0.462. The van der Waals surface area contributed by atoms with Crippen molar-refractivity contribution in [1.82, 2.24) is 9.21 Å². The van der Waals surface area contributed by atoms with Crippen molar-refractivity contribution in [3.63, 3.8) is 0 Å². The number of amides is 1. The third-order valence-corrected chi connectivity index (χ3v) is 5.27. The molecule has 1 amide bonds. The van der Waals surface area contributed by atoms with Crippen molar-refractivity contribution < 1.29 is 13.2 Å². The molecular formula is C13H20BrN3O3S. The molecule has 8 heteroatoms. The SMILES string of the molecule is CCCN(CC(=O)N(C)C)S(=O)(=O)c1cc(Br)ccc1N. The Morgan fingerprint density at radius 1 is 1.33 bits per heavy atom. The van der Waals surface area contributed by atoms with Crippen molar-refractivity contribution in [2.24, 2.45) is 0 Å². The highest BCUT2D eigenvalue weighted by Crippen LogP contribution is 2.26. The van der Waals surface area contributed by atoms with Crippen LogP contribution in [-0.2, 0) is 14.8 Å². The van der Waals surface area contributed by atoms with Crippen LogP contribution in [0.15, 0.2) is 27.6 Å². The maximum Gasteiger partial charge on any atom is 0.245 e. The first-order valence-electron chi connectivity index (χ1n) is 6.45. The Balaban J connectivity index is 3.21. The van der Waals surface area contributed by atoms with Crippen LogP contribution in [0.4, 0.5) is 5.69 Å². The zero-order chi connectivity index (χ0) is 16.2. The van der Waals surface area contributed by atoms with Crippen molar-refractivity contribution in [2.75, 3.05) is 32.9 Å². The number of sulfonamides is 1. The maximum atomic E-state index is 12.7. The Bertz CT molecular complexity index is 617. The highest BCUT2D eigenvalue weighted by atomic mass is 79.9. The van der Waals surface area contributed by atoms with Crippen LogP contribution in [-0.4, -0.2) is 50.7 Å². The summed E-state index contributed by atoms with van der Waals surface area (Å²) in [5.41, 5.74) is 5.94. The summed E-state index contributed by atoms with van der Waals surface area (Å²) in [4.78, 5) is 13.2. The van der Waals surface area contributed by atoms with Gasteiger partial charge in [-0.1, -0.05) is 22.9 Å². The quantitative estimate of drug-likeness (QED) is 0.761. The molecule has 0 heterocycles. The minimum absolute atomic E-state index is 0.0110. The third kappa shape index (κ3) is 4.42. The largest absolute Gasteiger partial charge is 0.398 e. The number of carbonyl (C=O) groups excluding carboxylic acids is 1. The molecular weight excluding hydrogens is 358 g/mol. The van der Waals surface area contributed by atoms with Crippen molar-refractivity contribution in [3.8, 4) is 0 Å². The molecule has 0 atom stereocenters. The van der Waals surface area contributed by atoms with Crippen LogP contribution in [0, 0.1) is 0 Å². The van der Waals surface area contributed by atoms with E-state index in [-0.39, 0.29) is 29.6 Å². The number of hydrogen-bond acceptors (Lipinski definition) is 4. The van der Waals surface area contributed by atoms with E-state index in [1.165, 1.54) is 17.0 Å². The summed E-state index contributed by atoms with van der Waals surface area (Å²) < 4.78 is 27.2. The number of benzene rings is 1. The fourth-order valence-corrected chi connectivity index (χ4v) is 3.83. The van der Waals surface area contributed by atoms with Gasteiger partial charge in [0.05, 0.1) is 12.2 Å². The van der Waals surface area contributed by atoms with Gasteiger partial charge in [-0.25, -0.2) is 8.42 Å². The lowest BCUT2D eigenvalue weighted by Crippen LogP contribution is -2.40. The predicted molar refractivity (Wildman–Crippen MR) is 86.3 cm³/mol. The monoisotopic (exact) mass is 377 g/mol. The second kappa shape index (κ2) is 7.24. The molecule has 0 fully saturated rings. The van der Waals surface area contributed by atoms with Gasteiger partial charge in [0.25, 0.3) is 0 Å². The van der Waals surface area contributed by atoms with Crippen LogP contribution < -0.4 is 5.73 Å². The second-order valence-corrected chi connectivity index (χ2v) is 7.63. The predicted octanol–water partition coefficient (Wildman–Crippen LogP) is 1.52. The molecule has 6 nitrogen and oxygen atoms in total. The topological polar surface area (TPSA) is 83.7 Å². The average Bonchev–Trinajstić information content (AvgIpc) is 2.40. The van der Waals surface area contributed by atoms with E-state index < -0.39 is 10.0 Å². The number of nitrogen functional groups attached to an aromatic ring is 1. The summed E-state index contributed by atoms with van der Waals surface area (Å²) in [7, 11) is -0.634. The summed E-state index contributed by atoms with van der Waals surface area (Å²) in [6.07, 6.45) is 0.605. The molecule has 0 spiro atoms. The highest BCUT2D eigenvalue weighted by molar-refractivity contribution is 9.10. The van der Waals surface area contributed by atoms with Crippen molar-refractivity contribution in [2.45, 2.75) is 18.2 Å². The highest BCUT2D eigenvalue weighted by Gasteiger charge is 2.28. The maximum absolute atomic E-state index is 12.7. The summed E-state index contributed by atoms with van der Waals surface area (Å²) in [5, 5.41) is 0. The number of carbonyl (C=O) groups is 1. The molecule has 1 aromatic rings. The second-order valence-electron chi connectivity index (χ2n) is 4.81. The molecule has 0 bridgehead atoms. The average molecular weight is 378 g/mol. The molecule has 2 N–H and O–H groups in total. The van der Waals surface area contributed by atoms with E-state index in [4.69, 9.17) is 5.73 Å². The number of anilines is 1. The van der Waals surface area contributed by atoms with E-state index in [2.05, 4.69) is 15.9 Å². The van der Waals surface area contributed by atoms with Gasteiger partial charge in [-0.05, 0) is 24.6 Å². The van der Waals surface area contributed by atoms with Crippen molar-refractivity contribution in [1.29, 1.82) is 0 Å². The van der Waals surface area contributed by atoms with Gasteiger partial charge in [-0.3, -0.25) is 4.79 Å². The van der Waals surface area contributed by atoms with Gasteiger partial charge in [0, 0.05) is 25.1 Å². The van der Waals surface area contributed by atoms with Crippen LogP contribution in [0.2, 0.25) is 0 Å². The molecule has 0 saturated heterocycles. The Hall–Kier alpha value is -1.12. The Morgan fingerprint density at radius 2 is 1.95 bits per heavy atom. The van der Waals surface area contributed by atoms with Crippen LogP contribution in [0.1, 0.15) is 13.3 Å². The summed E-state index contributed by atoms with van der Waals surface area (Å²) in [6, 6.07) is 4.64. The lowest BCUT2D eigenvalue weighted by molar-refractivity contribution is -0.128. The molecule has 0 radical (unpaired) electrons. The molecule has 118 valence electrons. The minimum atomic E-state index is -3.81. The number of nitrogens with two attached hydrogens (primary N) is 1. The van der Waals surface area contributed by atoms with Gasteiger partial charge in [-0.15, -0.1) is 0 Å². The normalized spacial score (nSPS) is 11.7. The number of likely N-dealkylation sites (N-methyl/N-ethyl adjacent to an activating group) is 1. The van der Waals surface area contributed by atoms with Gasteiger partial charge < -0.3 is 10.6 Å². The first-order valence-corrected chi connectivity index (χ1v) is 8.68. The van der Waals surface area contributed by atoms with Gasteiger partial charge in [0.1, 0.15) is 4.90 Å². The fourth-order valence-electron chi connectivity index (χ4n) is 1.70.